The topological polar surface area (TPSA) is 99.2 Å². The second kappa shape index (κ2) is 11.5. The number of aromatic nitrogens is 1. The van der Waals surface area contributed by atoms with Crippen LogP contribution in [0.15, 0.2) is 64.3 Å². The summed E-state index contributed by atoms with van der Waals surface area (Å²) in [6.07, 6.45) is 1.56. The molecule has 1 saturated heterocycles. The van der Waals surface area contributed by atoms with E-state index in [2.05, 4.69) is 14.6 Å². The molecule has 3 heterocycles. The number of nitrogens with zero attached hydrogens (tertiary/aromatic N) is 2. The van der Waals surface area contributed by atoms with E-state index in [0.717, 1.165) is 50.3 Å². The van der Waals surface area contributed by atoms with Gasteiger partial charge in [0, 0.05) is 43.4 Å². The van der Waals surface area contributed by atoms with Gasteiger partial charge in [-0.3, -0.25) is 14.6 Å². The van der Waals surface area contributed by atoms with E-state index in [4.69, 9.17) is 18.9 Å². The molecular weight excluding hydrogens is 533 g/mol. The Morgan fingerprint density at radius 3 is 2.66 bits per heavy atom. The van der Waals surface area contributed by atoms with Crippen molar-refractivity contribution in [3.05, 3.63) is 65.9 Å². The first kappa shape index (κ1) is 26.2. The number of methoxy groups -OCH3 is 1. The Labute approximate surface area is 223 Å². The molecule has 4 aromatic rings. The maximum absolute atomic E-state index is 14.9. The van der Waals surface area contributed by atoms with Gasteiger partial charge < -0.3 is 18.9 Å². The molecule has 2 aromatic heterocycles. The number of fused-ring (bicyclic) bond motifs is 1. The van der Waals surface area contributed by atoms with Crippen LogP contribution in [0.5, 0.6) is 23.0 Å². The molecule has 0 bridgehead atoms. The quantitative estimate of drug-likeness (QED) is 0.297. The third-order valence-electron chi connectivity index (χ3n) is 5.92. The summed E-state index contributed by atoms with van der Waals surface area (Å²) in [5.74, 6) is 0.610. The molecule has 1 fully saturated rings. The highest BCUT2D eigenvalue weighted by atomic mass is 32.2. The zero-order valence-corrected chi connectivity index (χ0v) is 22.2. The molecule has 0 unspecified atom stereocenters. The molecule has 5 rings (SSSR count). The number of hydrogen-bond acceptors (Lipinski definition) is 9. The van der Waals surface area contributed by atoms with E-state index in [1.807, 2.05) is 0 Å². The Morgan fingerprint density at radius 1 is 1.08 bits per heavy atom. The predicted molar refractivity (Wildman–Crippen MR) is 143 cm³/mol. The van der Waals surface area contributed by atoms with Crippen molar-refractivity contribution >= 4 is 38.0 Å². The van der Waals surface area contributed by atoms with Crippen LogP contribution in [0.3, 0.4) is 0 Å². The van der Waals surface area contributed by atoms with Gasteiger partial charge in [-0.2, -0.15) is 0 Å². The van der Waals surface area contributed by atoms with Crippen LogP contribution in [-0.2, 0) is 14.8 Å². The highest BCUT2D eigenvalue weighted by Gasteiger charge is 2.18. The van der Waals surface area contributed by atoms with Crippen molar-refractivity contribution in [2.45, 2.75) is 4.21 Å². The summed E-state index contributed by atoms with van der Waals surface area (Å²) in [6.45, 7) is 4.43. The molecule has 0 radical (unpaired) electrons. The molecule has 0 atom stereocenters. The number of anilines is 1. The number of ether oxygens (including phenoxy) is 4. The summed E-state index contributed by atoms with van der Waals surface area (Å²) >= 11 is 1.07. The van der Waals surface area contributed by atoms with Crippen LogP contribution in [0.2, 0.25) is 0 Å². The average Bonchev–Trinajstić information content (AvgIpc) is 3.47. The van der Waals surface area contributed by atoms with Crippen LogP contribution in [0, 0.1) is 5.82 Å². The lowest BCUT2D eigenvalue weighted by atomic mass is 10.1. The molecular formula is C26H26FN3O6S2. The van der Waals surface area contributed by atoms with Crippen molar-refractivity contribution in [2.24, 2.45) is 0 Å². The Hall–Kier alpha value is -3.45. The Kier molecular flexibility index (Phi) is 7.93. The minimum atomic E-state index is -3.79. The lowest BCUT2D eigenvalue weighted by Gasteiger charge is -2.26. The molecule has 200 valence electrons. The van der Waals surface area contributed by atoms with E-state index in [0.29, 0.717) is 34.8 Å². The number of rotatable bonds is 10. The molecule has 2 aromatic carbocycles. The fraction of sp³-hybridized carbons (Fsp3) is 0.269. The number of benzene rings is 2. The molecule has 0 saturated carbocycles. The third kappa shape index (κ3) is 5.99. The first-order valence-corrected chi connectivity index (χ1v) is 14.2. The van der Waals surface area contributed by atoms with E-state index in [1.165, 1.54) is 18.2 Å². The number of hydrogen-bond donors (Lipinski definition) is 1. The van der Waals surface area contributed by atoms with Crippen LogP contribution >= 0.6 is 11.3 Å². The molecule has 1 aliphatic rings. The van der Waals surface area contributed by atoms with E-state index < -0.39 is 15.8 Å². The van der Waals surface area contributed by atoms with Gasteiger partial charge in [-0.25, -0.2) is 12.8 Å². The maximum atomic E-state index is 14.9. The van der Waals surface area contributed by atoms with Gasteiger partial charge in [0.05, 0.1) is 31.5 Å². The zero-order chi connectivity index (χ0) is 26.5. The second-order valence-electron chi connectivity index (χ2n) is 8.42. The van der Waals surface area contributed by atoms with E-state index in [1.54, 1.807) is 43.0 Å². The first-order valence-electron chi connectivity index (χ1n) is 11.9. The van der Waals surface area contributed by atoms with Crippen molar-refractivity contribution in [1.82, 2.24) is 9.88 Å². The monoisotopic (exact) mass is 559 g/mol. The normalized spacial score (nSPS) is 14.4. The molecule has 1 N–H and O–H groups in total. The summed E-state index contributed by atoms with van der Waals surface area (Å²) in [6, 6.07) is 12.1. The zero-order valence-electron chi connectivity index (χ0n) is 20.6. The lowest BCUT2D eigenvalue weighted by Crippen LogP contribution is -2.38. The molecule has 0 spiro atoms. The van der Waals surface area contributed by atoms with Crippen LogP contribution in [0.4, 0.5) is 10.1 Å². The largest absolute Gasteiger partial charge is 0.493 e. The summed E-state index contributed by atoms with van der Waals surface area (Å²) < 4.78 is 65.1. The van der Waals surface area contributed by atoms with Gasteiger partial charge in [0.1, 0.15) is 16.6 Å². The summed E-state index contributed by atoms with van der Waals surface area (Å²) in [7, 11) is -2.25. The summed E-state index contributed by atoms with van der Waals surface area (Å²) in [5.41, 5.74) is 0.675. The van der Waals surface area contributed by atoms with Crippen molar-refractivity contribution in [2.75, 3.05) is 51.3 Å². The van der Waals surface area contributed by atoms with Crippen molar-refractivity contribution in [3.8, 4) is 23.0 Å². The SMILES string of the molecule is COc1cc2c(Oc3ccc(NS(=O)(=O)c4cccs4)cc3F)ccnc2cc1OCCN1CCOCC1. The number of thiophene rings is 1. The van der Waals surface area contributed by atoms with Crippen molar-refractivity contribution in [1.29, 1.82) is 0 Å². The van der Waals surface area contributed by atoms with Crippen molar-refractivity contribution in [3.63, 3.8) is 0 Å². The van der Waals surface area contributed by atoms with Gasteiger partial charge in [0.25, 0.3) is 10.0 Å². The second-order valence-corrected chi connectivity index (χ2v) is 11.3. The Morgan fingerprint density at radius 2 is 1.92 bits per heavy atom. The van der Waals surface area contributed by atoms with E-state index >= 15 is 0 Å². The molecule has 0 amide bonds. The van der Waals surface area contributed by atoms with Gasteiger partial charge in [0.15, 0.2) is 23.1 Å². The average molecular weight is 560 g/mol. The minimum Gasteiger partial charge on any atom is -0.493 e. The fourth-order valence-electron chi connectivity index (χ4n) is 3.99. The maximum Gasteiger partial charge on any atom is 0.271 e. The van der Waals surface area contributed by atoms with Gasteiger partial charge in [-0.05, 0) is 35.7 Å². The number of sulfonamides is 1. The number of nitrogens with one attached hydrogen (secondary N) is 1. The summed E-state index contributed by atoms with van der Waals surface area (Å²) in [5, 5.41) is 2.26. The van der Waals surface area contributed by atoms with Crippen LogP contribution in [0.25, 0.3) is 10.9 Å². The molecule has 12 heteroatoms. The third-order valence-corrected chi connectivity index (χ3v) is 8.70. The van der Waals surface area contributed by atoms with Crippen LogP contribution < -0.4 is 18.9 Å². The molecule has 1 aliphatic heterocycles. The van der Waals surface area contributed by atoms with Gasteiger partial charge in [-0.15, -0.1) is 11.3 Å². The van der Waals surface area contributed by atoms with Gasteiger partial charge in [-0.1, -0.05) is 6.07 Å². The molecule has 38 heavy (non-hydrogen) atoms. The number of halogens is 1. The molecule has 9 nitrogen and oxygen atoms in total. The highest BCUT2D eigenvalue weighted by Crippen LogP contribution is 2.38. The smallest absolute Gasteiger partial charge is 0.271 e. The van der Waals surface area contributed by atoms with Gasteiger partial charge in [0.2, 0.25) is 0 Å². The van der Waals surface area contributed by atoms with E-state index in [-0.39, 0.29) is 15.6 Å². The number of morpholine rings is 1. The van der Waals surface area contributed by atoms with Crippen LogP contribution in [0.1, 0.15) is 0 Å². The first-order chi connectivity index (χ1) is 18.4. The molecule has 0 aliphatic carbocycles. The number of pyridine rings is 1. The highest BCUT2D eigenvalue weighted by molar-refractivity contribution is 7.94. The minimum absolute atomic E-state index is 0.0682. The van der Waals surface area contributed by atoms with Crippen LogP contribution in [-0.4, -0.2) is 64.9 Å². The fourth-order valence-corrected chi connectivity index (χ4v) is 6.03. The van der Waals surface area contributed by atoms with E-state index in [9.17, 15) is 12.8 Å². The predicted octanol–water partition coefficient (Wildman–Crippen LogP) is 4.75. The summed E-state index contributed by atoms with van der Waals surface area (Å²) in [4.78, 5) is 6.68. The van der Waals surface area contributed by atoms with Gasteiger partial charge >= 0.3 is 0 Å². The standard InChI is InChI=1S/C26H26FN3O6S2/c1-33-24-16-19-21(17-25(24)35-13-10-30-8-11-34-12-9-30)28-7-6-22(19)36-23-5-4-18(15-20(23)27)29-38(31,32)26-3-2-14-37-26/h2-7,14-17,29H,8-13H2,1H3. The Bertz CT molecular complexity index is 1510. The Balaban J connectivity index is 1.33. The lowest BCUT2D eigenvalue weighted by molar-refractivity contribution is 0.0321. The van der Waals surface area contributed by atoms with Crippen molar-refractivity contribution < 1.29 is 31.8 Å².